The number of hydrogen-bond donors (Lipinski definition) is 2. The summed E-state index contributed by atoms with van der Waals surface area (Å²) in [6.07, 6.45) is 5.58. The lowest BCUT2D eigenvalue weighted by Crippen LogP contribution is -2.37. The summed E-state index contributed by atoms with van der Waals surface area (Å²) in [5.41, 5.74) is 0. The molecule has 7 heteroatoms. The fourth-order valence-corrected chi connectivity index (χ4v) is 7.90. The molecule has 2 N–H and O–H groups in total. The molecule has 1 aliphatic heterocycles. The molecule has 0 spiro atoms. The molecule has 2 fully saturated rings. The summed E-state index contributed by atoms with van der Waals surface area (Å²) in [6.45, 7) is 0.945. The summed E-state index contributed by atoms with van der Waals surface area (Å²) in [5, 5.41) is 6.91. The lowest BCUT2D eigenvalue weighted by molar-refractivity contribution is 0.233. The van der Waals surface area contributed by atoms with Gasteiger partial charge in [0, 0.05) is 31.4 Å². The molecule has 0 aromatic carbocycles. The van der Waals surface area contributed by atoms with Crippen molar-refractivity contribution in [1.82, 2.24) is 20.0 Å². The van der Waals surface area contributed by atoms with Gasteiger partial charge in [0.1, 0.15) is 7.42 Å². The molecular formula is C12H25N4PS2. The summed E-state index contributed by atoms with van der Waals surface area (Å²) >= 11 is 7.17. The maximum atomic E-state index is 5.09. The topological polar surface area (TPSA) is 30.5 Å². The Bertz CT molecular complexity index is 300. The standard InChI is InChI=1S/C12H25N4PS2/c1-13-12(18)14-8-9-19-17-15(2)10-6-4-5-7-11(10)16(17)3/h10-11H,4-9H2,1-3H3,(H2,13,14,18)/t10-,11-/m1/s1. The van der Waals surface area contributed by atoms with Gasteiger partial charge < -0.3 is 10.6 Å². The first kappa shape index (κ1) is 15.8. The highest BCUT2D eigenvalue weighted by Crippen LogP contribution is 2.63. The molecule has 0 unspecified atom stereocenters. The molecule has 1 saturated carbocycles. The van der Waals surface area contributed by atoms with Gasteiger partial charge in [0.05, 0.1) is 0 Å². The van der Waals surface area contributed by atoms with Gasteiger partial charge >= 0.3 is 0 Å². The summed E-state index contributed by atoms with van der Waals surface area (Å²) in [5.74, 6) is 1.11. The van der Waals surface area contributed by atoms with E-state index in [4.69, 9.17) is 12.2 Å². The quantitative estimate of drug-likeness (QED) is 0.469. The normalized spacial score (nSPS) is 29.2. The Balaban J connectivity index is 1.78. The van der Waals surface area contributed by atoms with Crippen LogP contribution in [0.5, 0.6) is 0 Å². The minimum absolute atomic E-state index is 0.173. The molecule has 0 aromatic rings. The zero-order valence-corrected chi connectivity index (χ0v) is 14.6. The summed E-state index contributed by atoms with van der Waals surface area (Å²) in [6, 6.07) is 1.59. The fraction of sp³-hybridized carbons (Fsp3) is 0.917. The second-order valence-electron chi connectivity index (χ2n) is 5.16. The average molecular weight is 320 g/mol. The van der Waals surface area contributed by atoms with Crippen LogP contribution in [0.4, 0.5) is 0 Å². The molecule has 1 heterocycles. The van der Waals surface area contributed by atoms with E-state index >= 15 is 0 Å². The average Bonchev–Trinajstić information content (AvgIpc) is 2.68. The van der Waals surface area contributed by atoms with Crippen molar-refractivity contribution in [3.05, 3.63) is 0 Å². The molecule has 110 valence electrons. The van der Waals surface area contributed by atoms with Gasteiger partial charge in [0.25, 0.3) is 0 Å². The highest BCUT2D eigenvalue weighted by atomic mass is 32.7. The first-order valence-electron chi connectivity index (χ1n) is 6.99. The molecule has 2 rings (SSSR count). The van der Waals surface area contributed by atoms with Crippen LogP contribution in [0.3, 0.4) is 0 Å². The number of hydrogen-bond acceptors (Lipinski definition) is 4. The van der Waals surface area contributed by atoms with Crippen molar-refractivity contribution in [2.45, 2.75) is 37.8 Å². The van der Waals surface area contributed by atoms with Gasteiger partial charge in [-0.05, 0) is 39.2 Å². The minimum atomic E-state index is -0.173. The largest absolute Gasteiger partial charge is 0.366 e. The summed E-state index contributed by atoms with van der Waals surface area (Å²) in [7, 11) is 6.32. The highest BCUT2D eigenvalue weighted by molar-refractivity contribution is 8.54. The molecule has 19 heavy (non-hydrogen) atoms. The molecule has 4 nitrogen and oxygen atoms in total. The van der Waals surface area contributed by atoms with Crippen molar-refractivity contribution in [3.63, 3.8) is 0 Å². The lowest BCUT2D eigenvalue weighted by atomic mass is 9.91. The monoisotopic (exact) mass is 320 g/mol. The third-order valence-electron chi connectivity index (χ3n) is 4.02. The number of likely N-dealkylation sites (N-methyl/N-ethyl adjacent to an activating group) is 2. The van der Waals surface area contributed by atoms with E-state index in [1.165, 1.54) is 25.7 Å². The third kappa shape index (κ3) is 3.73. The van der Waals surface area contributed by atoms with Gasteiger partial charge in [0.2, 0.25) is 0 Å². The van der Waals surface area contributed by atoms with Crippen LogP contribution in [0, 0.1) is 0 Å². The van der Waals surface area contributed by atoms with E-state index in [-0.39, 0.29) is 7.42 Å². The molecule has 1 aliphatic carbocycles. The first-order chi connectivity index (χ1) is 9.15. The molecular weight excluding hydrogens is 295 g/mol. The van der Waals surface area contributed by atoms with Gasteiger partial charge in [-0.2, -0.15) is 0 Å². The van der Waals surface area contributed by atoms with Gasteiger partial charge in [-0.1, -0.05) is 12.8 Å². The van der Waals surface area contributed by atoms with Gasteiger partial charge in [-0.15, -0.1) is 11.4 Å². The smallest absolute Gasteiger partial charge is 0.166 e. The Morgan fingerprint density at radius 1 is 1.26 bits per heavy atom. The van der Waals surface area contributed by atoms with E-state index in [2.05, 4.69) is 45.5 Å². The highest BCUT2D eigenvalue weighted by Gasteiger charge is 2.44. The van der Waals surface area contributed by atoms with Crippen molar-refractivity contribution in [2.24, 2.45) is 0 Å². The maximum Gasteiger partial charge on any atom is 0.166 e. The van der Waals surface area contributed by atoms with Crippen molar-refractivity contribution < 1.29 is 0 Å². The molecule has 2 aliphatic rings. The maximum absolute atomic E-state index is 5.09. The SMILES string of the molecule is CNC(=S)NCCSP1N(C)[C@@H]2CCCC[C@H]2N1C. The van der Waals surface area contributed by atoms with E-state index in [0.29, 0.717) is 0 Å². The van der Waals surface area contributed by atoms with Crippen LogP contribution >= 0.6 is 31.0 Å². The van der Waals surface area contributed by atoms with Crippen LogP contribution in [-0.4, -0.2) is 60.0 Å². The lowest BCUT2D eigenvalue weighted by Gasteiger charge is -2.29. The Morgan fingerprint density at radius 2 is 1.84 bits per heavy atom. The third-order valence-corrected chi connectivity index (χ3v) is 9.44. The molecule has 2 atom stereocenters. The van der Waals surface area contributed by atoms with E-state index in [9.17, 15) is 0 Å². The van der Waals surface area contributed by atoms with Crippen molar-refractivity contribution >= 4 is 36.1 Å². The number of nitrogens with one attached hydrogen (secondary N) is 2. The Labute approximate surface area is 127 Å². The predicted octanol–water partition coefficient (Wildman–Crippen LogP) is 2.23. The summed E-state index contributed by atoms with van der Waals surface area (Å²) in [4.78, 5) is 0. The second kappa shape index (κ2) is 7.41. The zero-order chi connectivity index (χ0) is 13.8. The van der Waals surface area contributed by atoms with Crippen LogP contribution in [0.1, 0.15) is 25.7 Å². The van der Waals surface area contributed by atoms with Crippen LogP contribution in [0.15, 0.2) is 0 Å². The van der Waals surface area contributed by atoms with E-state index in [1.54, 1.807) is 0 Å². The van der Waals surface area contributed by atoms with Gasteiger partial charge in [-0.25, -0.2) is 0 Å². The van der Waals surface area contributed by atoms with E-state index in [0.717, 1.165) is 29.5 Å². The molecule has 0 radical (unpaired) electrons. The number of fused-ring (bicyclic) bond motifs is 1. The van der Waals surface area contributed by atoms with E-state index < -0.39 is 0 Å². The van der Waals surface area contributed by atoms with E-state index in [1.807, 2.05) is 7.05 Å². The number of nitrogens with zero attached hydrogens (tertiary/aromatic N) is 2. The Hall–Kier alpha value is 0.390. The van der Waals surface area contributed by atoms with Crippen molar-refractivity contribution in [3.8, 4) is 0 Å². The van der Waals surface area contributed by atoms with Gasteiger partial charge in [-0.3, -0.25) is 9.34 Å². The molecule has 0 amide bonds. The van der Waals surface area contributed by atoms with Crippen LogP contribution in [0.2, 0.25) is 0 Å². The van der Waals surface area contributed by atoms with Crippen LogP contribution in [0.25, 0.3) is 0 Å². The molecule has 1 saturated heterocycles. The number of rotatable bonds is 4. The number of thiocarbonyl (C=S) groups is 1. The van der Waals surface area contributed by atoms with Crippen LogP contribution < -0.4 is 10.6 Å². The summed E-state index contributed by atoms with van der Waals surface area (Å²) < 4.78 is 5.28. The van der Waals surface area contributed by atoms with Gasteiger partial charge in [0.15, 0.2) is 5.11 Å². The Morgan fingerprint density at radius 3 is 2.37 bits per heavy atom. The fourth-order valence-electron chi connectivity index (χ4n) is 3.00. The van der Waals surface area contributed by atoms with Crippen molar-refractivity contribution in [2.75, 3.05) is 33.4 Å². The first-order valence-corrected chi connectivity index (χ1v) is 10.2. The minimum Gasteiger partial charge on any atom is -0.366 e. The van der Waals surface area contributed by atoms with Crippen molar-refractivity contribution in [1.29, 1.82) is 0 Å². The van der Waals surface area contributed by atoms with Crippen LogP contribution in [-0.2, 0) is 0 Å². The predicted molar refractivity (Wildman–Crippen MR) is 90.6 cm³/mol. The molecule has 0 aromatic heterocycles. The Kier molecular flexibility index (Phi) is 6.15. The zero-order valence-electron chi connectivity index (χ0n) is 12.1. The molecule has 0 bridgehead atoms. The second-order valence-corrected chi connectivity index (χ2v) is 9.75.